The maximum atomic E-state index is 11.3. The first-order valence-corrected chi connectivity index (χ1v) is 4.56. The van der Waals surface area contributed by atoms with Gasteiger partial charge in [0.25, 0.3) is 0 Å². The number of hydrogen-bond acceptors (Lipinski definition) is 3. The average Bonchev–Trinajstić information content (AvgIpc) is 2.16. The normalized spacial score (nSPS) is 22.5. The Morgan fingerprint density at radius 3 is 3.00 bits per heavy atom. The van der Waals surface area contributed by atoms with E-state index in [9.17, 15) is 9.59 Å². The molecule has 0 aliphatic heterocycles. The van der Waals surface area contributed by atoms with E-state index >= 15 is 0 Å². The zero-order valence-electron chi connectivity index (χ0n) is 7.62. The number of ether oxygens (including phenoxy) is 1. The fourth-order valence-corrected chi connectivity index (χ4v) is 1.47. The molecule has 0 aromatic carbocycles. The number of rotatable bonds is 3. The summed E-state index contributed by atoms with van der Waals surface area (Å²) in [4.78, 5) is 22.0. The minimum Gasteiger partial charge on any atom is -0.462 e. The van der Waals surface area contributed by atoms with E-state index in [4.69, 9.17) is 4.74 Å². The van der Waals surface area contributed by atoms with E-state index in [-0.39, 0.29) is 18.3 Å². The van der Waals surface area contributed by atoms with E-state index in [1.54, 1.807) is 0 Å². The first-order valence-electron chi connectivity index (χ1n) is 4.56. The number of esters is 1. The summed E-state index contributed by atoms with van der Waals surface area (Å²) in [7, 11) is 0. The van der Waals surface area contributed by atoms with Crippen LogP contribution < -0.4 is 0 Å². The highest BCUT2D eigenvalue weighted by Gasteiger charge is 2.22. The molecule has 0 heterocycles. The quantitative estimate of drug-likeness (QED) is 0.490. The van der Waals surface area contributed by atoms with Crippen LogP contribution in [0.5, 0.6) is 0 Å². The average molecular weight is 182 g/mol. The molecule has 3 nitrogen and oxygen atoms in total. The molecule has 0 aromatic rings. The van der Waals surface area contributed by atoms with Gasteiger partial charge in [-0.2, -0.15) is 0 Å². The molecule has 0 N–H and O–H groups in total. The summed E-state index contributed by atoms with van der Waals surface area (Å²) >= 11 is 0. The van der Waals surface area contributed by atoms with Gasteiger partial charge in [0.1, 0.15) is 12.4 Å². The molecule has 1 rings (SSSR count). The minimum absolute atomic E-state index is 0.0716. The van der Waals surface area contributed by atoms with E-state index in [0.717, 1.165) is 25.3 Å². The summed E-state index contributed by atoms with van der Waals surface area (Å²) in [5, 5.41) is 0. The number of hydrogen-bond donors (Lipinski definition) is 0. The molecule has 72 valence electrons. The third-order valence-electron chi connectivity index (χ3n) is 2.27. The van der Waals surface area contributed by atoms with Crippen molar-refractivity contribution in [3.8, 4) is 0 Å². The van der Waals surface area contributed by atoms with Gasteiger partial charge in [0, 0.05) is 12.5 Å². The molecule has 0 radical (unpaired) electrons. The lowest BCUT2D eigenvalue weighted by atomic mass is 9.89. The first-order chi connectivity index (χ1) is 6.24. The summed E-state index contributed by atoms with van der Waals surface area (Å²) in [6, 6.07) is 0. The van der Waals surface area contributed by atoms with E-state index in [2.05, 4.69) is 6.58 Å². The molecule has 1 fully saturated rings. The van der Waals surface area contributed by atoms with Crippen molar-refractivity contribution in [2.75, 3.05) is 6.61 Å². The Morgan fingerprint density at radius 1 is 1.62 bits per heavy atom. The van der Waals surface area contributed by atoms with Crippen LogP contribution in [-0.4, -0.2) is 18.4 Å². The van der Waals surface area contributed by atoms with Crippen molar-refractivity contribution in [2.45, 2.75) is 25.7 Å². The smallest absolute Gasteiger partial charge is 0.330 e. The molecule has 0 aromatic heterocycles. The van der Waals surface area contributed by atoms with Crippen molar-refractivity contribution in [1.29, 1.82) is 0 Å². The van der Waals surface area contributed by atoms with Crippen molar-refractivity contribution in [2.24, 2.45) is 5.92 Å². The van der Waals surface area contributed by atoms with E-state index in [1.165, 1.54) is 0 Å². The number of ketones is 1. The summed E-state index contributed by atoms with van der Waals surface area (Å²) in [5.74, 6) is -0.292. The number of carbonyl (C=O) groups excluding carboxylic acids is 2. The highest BCUT2D eigenvalue weighted by Crippen LogP contribution is 2.20. The van der Waals surface area contributed by atoms with Crippen LogP contribution in [0.15, 0.2) is 12.7 Å². The van der Waals surface area contributed by atoms with Crippen LogP contribution in [0.3, 0.4) is 0 Å². The van der Waals surface area contributed by atoms with Crippen LogP contribution in [-0.2, 0) is 14.3 Å². The Hall–Kier alpha value is -1.12. The number of Topliss-reactive ketones (excluding diaryl/α,β-unsaturated/α-hetero) is 1. The van der Waals surface area contributed by atoms with Gasteiger partial charge in [-0.3, -0.25) is 4.79 Å². The Morgan fingerprint density at radius 2 is 2.38 bits per heavy atom. The predicted octanol–water partition coefficient (Wildman–Crippen LogP) is 1.47. The highest BCUT2D eigenvalue weighted by molar-refractivity contribution is 5.83. The molecule has 0 spiro atoms. The van der Waals surface area contributed by atoms with Crippen molar-refractivity contribution in [3.05, 3.63) is 12.7 Å². The molecule has 1 unspecified atom stereocenters. The lowest BCUT2D eigenvalue weighted by Gasteiger charge is -2.19. The second kappa shape index (κ2) is 4.80. The second-order valence-electron chi connectivity index (χ2n) is 3.24. The van der Waals surface area contributed by atoms with Crippen molar-refractivity contribution < 1.29 is 14.3 Å². The summed E-state index contributed by atoms with van der Waals surface area (Å²) in [6.45, 7) is 3.51. The van der Waals surface area contributed by atoms with Crippen LogP contribution in [0, 0.1) is 5.92 Å². The molecule has 1 saturated carbocycles. The van der Waals surface area contributed by atoms with Crippen LogP contribution in [0.4, 0.5) is 0 Å². The van der Waals surface area contributed by atoms with Crippen LogP contribution in [0.25, 0.3) is 0 Å². The Bertz CT molecular complexity index is 220. The maximum absolute atomic E-state index is 11.3. The van der Waals surface area contributed by atoms with Crippen LogP contribution in [0.1, 0.15) is 25.7 Å². The zero-order chi connectivity index (χ0) is 9.68. The summed E-state index contributed by atoms with van der Waals surface area (Å²) in [5.41, 5.74) is 0. The van der Waals surface area contributed by atoms with Gasteiger partial charge in [-0.25, -0.2) is 4.79 Å². The second-order valence-corrected chi connectivity index (χ2v) is 3.24. The Balaban J connectivity index is 2.30. The Kier molecular flexibility index (Phi) is 3.68. The lowest BCUT2D eigenvalue weighted by Crippen LogP contribution is -2.24. The fraction of sp³-hybridized carbons (Fsp3) is 0.600. The SMILES string of the molecule is C=CC(=O)OCC1CCCCC1=O. The molecule has 3 heteroatoms. The van der Waals surface area contributed by atoms with Crippen LogP contribution in [0.2, 0.25) is 0 Å². The van der Waals surface area contributed by atoms with Gasteiger partial charge in [0.15, 0.2) is 0 Å². The molecule has 13 heavy (non-hydrogen) atoms. The number of carbonyl (C=O) groups is 2. The van der Waals surface area contributed by atoms with Gasteiger partial charge >= 0.3 is 5.97 Å². The molecule has 1 atom stereocenters. The zero-order valence-corrected chi connectivity index (χ0v) is 7.62. The van der Waals surface area contributed by atoms with Crippen molar-refractivity contribution in [3.63, 3.8) is 0 Å². The molecule has 0 amide bonds. The monoisotopic (exact) mass is 182 g/mol. The van der Waals surface area contributed by atoms with Crippen LogP contribution >= 0.6 is 0 Å². The van der Waals surface area contributed by atoms with E-state index in [0.29, 0.717) is 6.42 Å². The fourth-order valence-electron chi connectivity index (χ4n) is 1.47. The van der Waals surface area contributed by atoms with Gasteiger partial charge in [-0.05, 0) is 12.8 Å². The standard InChI is InChI=1S/C10H14O3/c1-2-10(12)13-7-8-5-3-4-6-9(8)11/h2,8H,1,3-7H2. The molecular formula is C10H14O3. The highest BCUT2D eigenvalue weighted by atomic mass is 16.5. The van der Waals surface area contributed by atoms with E-state index in [1.807, 2.05) is 0 Å². The first kappa shape index (κ1) is 9.96. The molecule has 0 saturated heterocycles. The minimum atomic E-state index is -0.446. The van der Waals surface area contributed by atoms with Gasteiger partial charge < -0.3 is 4.74 Å². The molecule has 0 bridgehead atoms. The lowest BCUT2D eigenvalue weighted by molar-refractivity contribution is -0.141. The summed E-state index contributed by atoms with van der Waals surface area (Å²) < 4.78 is 4.82. The van der Waals surface area contributed by atoms with Gasteiger partial charge in [-0.15, -0.1) is 0 Å². The topological polar surface area (TPSA) is 43.4 Å². The summed E-state index contributed by atoms with van der Waals surface area (Å²) in [6.07, 6.45) is 4.64. The molecule has 1 aliphatic carbocycles. The van der Waals surface area contributed by atoms with Gasteiger partial charge in [0.05, 0.1) is 5.92 Å². The largest absolute Gasteiger partial charge is 0.462 e. The van der Waals surface area contributed by atoms with E-state index < -0.39 is 5.97 Å². The molecule has 1 aliphatic rings. The third kappa shape index (κ3) is 3.01. The van der Waals surface area contributed by atoms with Crippen molar-refractivity contribution in [1.82, 2.24) is 0 Å². The molecular weight excluding hydrogens is 168 g/mol. The predicted molar refractivity (Wildman–Crippen MR) is 48.1 cm³/mol. The Labute approximate surface area is 77.8 Å². The van der Waals surface area contributed by atoms with Crippen molar-refractivity contribution >= 4 is 11.8 Å². The maximum Gasteiger partial charge on any atom is 0.330 e. The van der Waals surface area contributed by atoms with Gasteiger partial charge in [0.2, 0.25) is 0 Å². The third-order valence-corrected chi connectivity index (χ3v) is 2.27. The van der Waals surface area contributed by atoms with Gasteiger partial charge in [-0.1, -0.05) is 13.0 Å².